The molecule has 1 saturated carbocycles. The molecule has 0 radical (unpaired) electrons. The maximum absolute atomic E-state index is 13.3. The zero-order valence-corrected chi connectivity index (χ0v) is 29.9. The van der Waals surface area contributed by atoms with Crippen molar-refractivity contribution < 1.29 is 38.2 Å². The summed E-state index contributed by atoms with van der Waals surface area (Å²) in [5.41, 5.74) is 2.46. The highest BCUT2D eigenvalue weighted by atomic mass is 35.5. The van der Waals surface area contributed by atoms with Crippen LogP contribution < -0.4 is 14.4 Å². The van der Waals surface area contributed by atoms with E-state index in [0.717, 1.165) is 0 Å². The minimum absolute atomic E-state index is 0.0457. The lowest BCUT2D eigenvalue weighted by atomic mass is 9.80. The zero-order chi connectivity index (χ0) is 37.4. The summed E-state index contributed by atoms with van der Waals surface area (Å²) in [4.78, 5) is 77.6. The second kappa shape index (κ2) is 17.0. The molecule has 0 spiro atoms. The largest absolute Gasteiger partial charge is 0.426 e. The fraction of sp³-hybridized carbons (Fsp3) is 0.238. The molecule has 4 aromatic rings. The molecule has 10 heteroatoms. The monoisotopic (exact) mass is 719 g/mol. The number of Topliss-reactive ketones (excluding diaryl/α,β-unsaturated/α-hetero) is 2. The van der Waals surface area contributed by atoms with Gasteiger partial charge in [-0.15, -0.1) is 0 Å². The average molecular weight is 720 g/mol. The molecule has 5 rings (SSSR count). The molecule has 4 aromatic carbocycles. The van der Waals surface area contributed by atoms with Gasteiger partial charge in [0.25, 0.3) is 5.91 Å². The molecule has 0 bridgehead atoms. The van der Waals surface area contributed by atoms with Crippen molar-refractivity contribution in [2.45, 2.75) is 46.5 Å². The van der Waals surface area contributed by atoms with Crippen LogP contribution in [0.4, 0.5) is 5.69 Å². The van der Waals surface area contributed by atoms with Gasteiger partial charge in [0.2, 0.25) is 0 Å². The molecule has 0 aliphatic heterocycles. The number of anilines is 1. The third-order valence-corrected chi connectivity index (χ3v) is 9.35. The highest BCUT2D eigenvalue weighted by Crippen LogP contribution is 2.33. The van der Waals surface area contributed by atoms with E-state index >= 15 is 0 Å². The molecule has 1 aliphatic rings. The van der Waals surface area contributed by atoms with Gasteiger partial charge in [-0.2, -0.15) is 0 Å². The number of carbonyl (C=O) groups is 6. The van der Waals surface area contributed by atoms with E-state index in [4.69, 9.17) is 21.1 Å². The maximum Gasteiger partial charge on any atom is 0.343 e. The topological polar surface area (TPSA) is 124 Å². The Morgan fingerprint density at radius 1 is 0.712 bits per heavy atom. The molecule has 0 atom stereocenters. The van der Waals surface area contributed by atoms with Crippen LogP contribution in [-0.4, -0.2) is 41.7 Å². The highest BCUT2D eigenvalue weighted by Gasteiger charge is 2.30. The third kappa shape index (κ3) is 9.35. The van der Waals surface area contributed by atoms with E-state index in [1.165, 1.54) is 61.5 Å². The van der Waals surface area contributed by atoms with E-state index in [9.17, 15) is 28.8 Å². The van der Waals surface area contributed by atoms with Gasteiger partial charge < -0.3 is 14.4 Å². The van der Waals surface area contributed by atoms with Crippen molar-refractivity contribution in [1.29, 1.82) is 0 Å². The molecule has 1 aliphatic carbocycles. The Balaban J connectivity index is 1.32. The molecular formula is C42H38ClNO8. The van der Waals surface area contributed by atoms with Gasteiger partial charge >= 0.3 is 11.9 Å². The van der Waals surface area contributed by atoms with Gasteiger partial charge in [0.05, 0.1) is 11.5 Å². The Bertz CT molecular complexity index is 2010. The van der Waals surface area contributed by atoms with Gasteiger partial charge in [-0.25, -0.2) is 4.79 Å². The normalized spacial score (nSPS) is 15.5. The first kappa shape index (κ1) is 37.6. The second-order valence-corrected chi connectivity index (χ2v) is 13.0. The molecule has 0 saturated heterocycles. The Hall–Kier alpha value is -5.67. The number of hydrogen-bond donors (Lipinski definition) is 0. The maximum atomic E-state index is 13.3. The van der Waals surface area contributed by atoms with Crippen LogP contribution in [0.2, 0.25) is 5.02 Å². The molecule has 52 heavy (non-hydrogen) atoms. The van der Waals surface area contributed by atoms with E-state index < -0.39 is 11.9 Å². The number of carbonyl (C=O) groups excluding carboxylic acids is 6. The van der Waals surface area contributed by atoms with Gasteiger partial charge in [-0.05, 0) is 150 Å². The van der Waals surface area contributed by atoms with Gasteiger partial charge in [0, 0.05) is 45.4 Å². The second-order valence-electron chi connectivity index (χ2n) is 12.6. The lowest BCUT2D eigenvalue weighted by molar-refractivity contribution is -0.141. The van der Waals surface area contributed by atoms with Gasteiger partial charge in [0.15, 0.2) is 11.6 Å². The number of ether oxygens (including phenoxy) is 2. The van der Waals surface area contributed by atoms with Gasteiger partial charge in [-0.1, -0.05) is 11.6 Å². The van der Waals surface area contributed by atoms with Crippen LogP contribution in [0.15, 0.2) is 97.1 Å². The standard InChI is InChI=1S/C42H38ClNO8/c1-4-44(36-20-15-29(16-21-36)27(3)46)40(48)31-7-11-32(12-8-31)41(49)51-37-22-24-39(52-42(50)33-9-5-28(6-10-33)26(2)45)34(25-37)17-23-38(47)30-13-18-35(43)19-14-30/h7-8,11-25,28,33H,4-6,9-10H2,1-3H3/b23-17+. The van der Waals surface area contributed by atoms with Crippen LogP contribution in [0.25, 0.3) is 6.08 Å². The van der Waals surface area contributed by atoms with Crippen LogP contribution in [0.5, 0.6) is 11.5 Å². The Morgan fingerprint density at radius 3 is 1.88 bits per heavy atom. The Kier molecular flexibility index (Phi) is 12.3. The van der Waals surface area contributed by atoms with Crippen LogP contribution in [-0.2, 0) is 9.59 Å². The van der Waals surface area contributed by atoms with Crippen LogP contribution in [0.1, 0.15) is 93.4 Å². The predicted octanol–water partition coefficient (Wildman–Crippen LogP) is 8.63. The average Bonchev–Trinajstić information content (AvgIpc) is 3.15. The Morgan fingerprint density at radius 2 is 1.29 bits per heavy atom. The smallest absolute Gasteiger partial charge is 0.343 e. The number of allylic oxidation sites excluding steroid dienone is 1. The first-order chi connectivity index (χ1) is 24.9. The first-order valence-corrected chi connectivity index (χ1v) is 17.4. The fourth-order valence-electron chi connectivity index (χ4n) is 6.01. The quantitative estimate of drug-likeness (QED) is 0.0617. The summed E-state index contributed by atoms with van der Waals surface area (Å²) >= 11 is 5.96. The van der Waals surface area contributed by atoms with Gasteiger partial charge in [0.1, 0.15) is 17.3 Å². The summed E-state index contributed by atoms with van der Waals surface area (Å²) in [7, 11) is 0. The van der Waals surface area contributed by atoms with Crippen molar-refractivity contribution in [2.75, 3.05) is 11.4 Å². The summed E-state index contributed by atoms with van der Waals surface area (Å²) in [5, 5.41) is 0.489. The molecule has 0 aromatic heterocycles. The number of hydrogen-bond acceptors (Lipinski definition) is 8. The molecule has 1 fully saturated rings. The minimum atomic E-state index is -0.690. The third-order valence-electron chi connectivity index (χ3n) is 9.10. The summed E-state index contributed by atoms with van der Waals surface area (Å²) in [6.07, 6.45) is 5.12. The summed E-state index contributed by atoms with van der Waals surface area (Å²) in [6, 6.07) is 23.7. The van der Waals surface area contributed by atoms with E-state index in [-0.39, 0.29) is 52.2 Å². The number of ketones is 3. The number of nitrogens with zero attached hydrogens (tertiary/aromatic N) is 1. The van der Waals surface area contributed by atoms with E-state index in [1.54, 1.807) is 60.4 Å². The van der Waals surface area contributed by atoms with Crippen molar-refractivity contribution in [2.24, 2.45) is 11.8 Å². The minimum Gasteiger partial charge on any atom is -0.426 e. The van der Waals surface area contributed by atoms with E-state index in [2.05, 4.69) is 0 Å². The molecule has 0 N–H and O–H groups in total. The highest BCUT2D eigenvalue weighted by molar-refractivity contribution is 6.30. The number of amides is 1. The van der Waals surface area contributed by atoms with Crippen LogP contribution >= 0.6 is 11.6 Å². The number of benzene rings is 4. The summed E-state index contributed by atoms with van der Waals surface area (Å²) < 4.78 is 11.5. The van der Waals surface area contributed by atoms with Crippen molar-refractivity contribution in [1.82, 2.24) is 0 Å². The zero-order valence-electron chi connectivity index (χ0n) is 29.1. The van der Waals surface area contributed by atoms with Crippen LogP contribution in [0.3, 0.4) is 0 Å². The number of esters is 2. The van der Waals surface area contributed by atoms with Crippen molar-refractivity contribution in [3.8, 4) is 11.5 Å². The molecule has 0 heterocycles. The lowest BCUT2D eigenvalue weighted by Gasteiger charge is -2.25. The molecule has 1 amide bonds. The van der Waals surface area contributed by atoms with E-state index in [1.807, 2.05) is 6.92 Å². The number of rotatable bonds is 12. The molecular weight excluding hydrogens is 682 g/mol. The van der Waals surface area contributed by atoms with E-state index in [0.29, 0.717) is 65.2 Å². The van der Waals surface area contributed by atoms with Gasteiger partial charge in [-0.3, -0.25) is 24.0 Å². The number of halogens is 1. The van der Waals surface area contributed by atoms with Crippen molar-refractivity contribution in [3.63, 3.8) is 0 Å². The molecule has 266 valence electrons. The molecule has 0 unspecified atom stereocenters. The fourth-order valence-corrected chi connectivity index (χ4v) is 6.13. The summed E-state index contributed by atoms with van der Waals surface area (Å²) in [6.45, 7) is 5.27. The predicted molar refractivity (Wildman–Crippen MR) is 198 cm³/mol. The first-order valence-electron chi connectivity index (χ1n) is 17.0. The SMILES string of the molecule is CCN(C(=O)c1ccc(C(=O)Oc2ccc(OC(=O)C3CCC(C(C)=O)CC3)c(/C=C/C(=O)c3ccc(Cl)cc3)c2)cc1)c1ccc(C(C)=O)cc1. The lowest BCUT2D eigenvalue weighted by Crippen LogP contribution is -2.30. The summed E-state index contributed by atoms with van der Waals surface area (Å²) in [5.74, 6) is -1.77. The van der Waals surface area contributed by atoms with Crippen LogP contribution in [0, 0.1) is 11.8 Å². The van der Waals surface area contributed by atoms with Crippen molar-refractivity contribution in [3.05, 3.63) is 130 Å². The molecule has 9 nitrogen and oxygen atoms in total. The van der Waals surface area contributed by atoms with Crippen molar-refractivity contribution >= 4 is 58.6 Å². The Labute approximate surface area is 307 Å².